The van der Waals surface area contributed by atoms with Gasteiger partial charge in [0.25, 0.3) is 20.2 Å². The lowest BCUT2D eigenvalue weighted by molar-refractivity contribution is -0.0240. The maximum absolute atomic E-state index is 12.1. The molecule has 0 heterocycles. The van der Waals surface area contributed by atoms with Crippen LogP contribution in [0.1, 0.15) is 11.1 Å². The maximum Gasteiger partial charge on any atom is 0.297 e. The Morgan fingerprint density at radius 3 is 0.729 bits per heavy atom. The minimum atomic E-state index is -3.78. The average molecular weight is 723 g/mol. The van der Waals surface area contributed by atoms with Crippen LogP contribution < -0.4 is 0 Å². The van der Waals surface area contributed by atoms with E-state index in [9.17, 15) is 16.8 Å². The van der Waals surface area contributed by atoms with Crippen molar-refractivity contribution in [1.82, 2.24) is 0 Å². The van der Waals surface area contributed by atoms with Crippen molar-refractivity contribution >= 4 is 20.2 Å². The molecule has 0 spiro atoms. The molecule has 0 fully saturated rings. The van der Waals surface area contributed by atoms with E-state index in [2.05, 4.69) is 0 Å². The van der Waals surface area contributed by atoms with Crippen molar-refractivity contribution in [3.05, 3.63) is 59.7 Å². The zero-order valence-corrected chi connectivity index (χ0v) is 29.5. The first-order chi connectivity index (χ1) is 23.2. The summed E-state index contributed by atoms with van der Waals surface area (Å²) in [4.78, 5) is 0.240. The molecule has 0 radical (unpaired) electrons. The number of rotatable bonds is 31. The van der Waals surface area contributed by atoms with E-state index in [1.165, 1.54) is 24.3 Å². The van der Waals surface area contributed by atoms with Gasteiger partial charge in [-0.3, -0.25) is 8.37 Å². The summed E-state index contributed by atoms with van der Waals surface area (Å²) in [5.41, 5.74) is 1.94. The Kier molecular flexibility index (Phi) is 22.7. The summed E-state index contributed by atoms with van der Waals surface area (Å²) >= 11 is 0. The van der Waals surface area contributed by atoms with E-state index in [0.717, 1.165) is 11.1 Å². The Morgan fingerprint density at radius 2 is 0.521 bits per heavy atom. The molecule has 0 saturated carbocycles. The molecule has 0 N–H and O–H groups in total. The third-order valence-electron chi connectivity index (χ3n) is 6.16. The minimum absolute atomic E-state index is 0.0696. The quantitative estimate of drug-likeness (QED) is 0.0825. The average Bonchev–Trinajstić information content (AvgIpc) is 3.06. The van der Waals surface area contributed by atoms with E-state index in [-0.39, 0.29) is 36.2 Å². The number of benzene rings is 2. The fraction of sp³-hybridized carbons (Fsp3) is 0.625. The number of hydrogen-bond acceptors (Lipinski definition) is 14. The second kappa shape index (κ2) is 25.8. The predicted molar refractivity (Wildman–Crippen MR) is 175 cm³/mol. The van der Waals surface area contributed by atoms with Crippen LogP contribution in [0.15, 0.2) is 58.3 Å². The van der Waals surface area contributed by atoms with E-state index in [0.29, 0.717) is 92.5 Å². The minimum Gasteiger partial charge on any atom is -0.377 e. The van der Waals surface area contributed by atoms with E-state index >= 15 is 0 Å². The van der Waals surface area contributed by atoms with Crippen molar-refractivity contribution < 1.29 is 63.1 Å². The molecule has 0 amide bonds. The fourth-order valence-electron chi connectivity index (χ4n) is 3.59. The number of hydrogen-bond donors (Lipinski definition) is 0. The Bertz CT molecular complexity index is 1190. The summed E-state index contributed by atoms with van der Waals surface area (Å²) in [5.74, 6) is 0. The second-order valence-corrected chi connectivity index (χ2v) is 13.3. The topological polar surface area (TPSA) is 161 Å². The standard InChI is InChI=1S/C32H50O14S2/c1-29-3-7-31(8-4-29)47(33,34)45-27-25-43-23-21-41-19-17-39-15-13-37-11-12-38-14-16-40-18-20-42-22-24-44-26-28-46-48(35,36)32-9-5-30(2)6-10-32/h3-10H,11-28H2,1-2H3. The van der Waals surface area contributed by atoms with Gasteiger partial charge in [-0.25, -0.2) is 0 Å². The lowest BCUT2D eigenvalue weighted by atomic mass is 10.2. The largest absolute Gasteiger partial charge is 0.377 e. The van der Waals surface area contributed by atoms with Crippen LogP contribution in [-0.4, -0.2) is 136 Å². The molecule has 0 aliphatic carbocycles. The van der Waals surface area contributed by atoms with E-state index in [4.69, 9.17) is 46.3 Å². The van der Waals surface area contributed by atoms with Crippen molar-refractivity contribution in [2.24, 2.45) is 0 Å². The zero-order chi connectivity index (χ0) is 34.8. The molecule has 0 aliphatic heterocycles. The first-order valence-corrected chi connectivity index (χ1v) is 18.6. The van der Waals surface area contributed by atoms with Crippen LogP contribution >= 0.6 is 0 Å². The van der Waals surface area contributed by atoms with Crippen molar-refractivity contribution in [2.75, 3.05) is 119 Å². The van der Waals surface area contributed by atoms with Gasteiger partial charge in [-0.15, -0.1) is 0 Å². The van der Waals surface area contributed by atoms with Crippen LogP contribution in [0, 0.1) is 13.8 Å². The molecule has 0 unspecified atom stereocenters. The first-order valence-electron chi connectivity index (χ1n) is 15.7. The molecule has 0 aliphatic rings. The summed E-state index contributed by atoms with van der Waals surface area (Å²) in [6.45, 7) is 9.53. The van der Waals surface area contributed by atoms with Gasteiger partial charge in [-0.05, 0) is 38.1 Å². The summed E-state index contributed by atoms with van der Waals surface area (Å²) in [5, 5.41) is 0. The smallest absolute Gasteiger partial charge is 0.297 e. The van der Waals surface area contributed by atoms with Crippen LogP contribution in [0.25, 0.3) is 0 Å². The second-order valence-electron chi connectivity index (χ2n) is 10.1. The molecule has 48 heavy (non-hydrogen) atoms. The summed E-state index contributed by atoms with van der Waals surface area (Å²) in [7, 11) is -7.57. The van der Waals surface area contributed by atoms with Crippen LogP contribution in [0.2, 0.25) is 0 Å². The van der Waals surface area contributed by atoms with Gasteiger partial charge in [-0.1, -0.05) is 35.4 Å². The molecule has 0 bridgehead atoms. The fourth-order valence-corrected chi connectivity index (χ4v) is 5.38. The van der Waals surface area contributed by atoms with Gasteiger partial charge in [0.2, 0.25) is 0 Å². The van der Waals surface area contributed by atoms with Crippen LogP contribution in [-0.2, 0) is 66.5 Å². The molecule has 2 rings (SSSR count). The van der Waals surface area contributed by atoms with Gasteiger partial charge in [-0.2, -0.15) is 16.8 Å². The lowest BCUT2D eigenvalue weighted by Crippen LogP contribution is -2.16. The van der Waals surface area contributed by atoms with Gasteiger partial charge in [0.15, 0.2) is 0 Å². The van der Waals surface area contributed by atoms with Gasteiger partial charge >= 0.3 is 0 Å². The monoisotopic (exact) mass is 722 g/mol. The normalized spacial score (nSPS) is 12.1. The molecule has 14 nitrogen and oxygen atoms in total. The molecule has 0 atom stereocenters. The van der Waals surface area contributed by atoms with Crippen molar-refractivity contribution in [2.45, 2.75) is 23.6 Å². The number of ether oxygens (including phenoxy) is 8. The van der Waals surface area contributed by atoms with Gasteiger partial charge in [0.05, 0.1) is 129 Å². The molecular weight excluding hydrogens is 672 g/mol. The van der Waals surface area contributed by atoms with Crippen LogP contribution in [0.4, 0.5) is 0 Å². The highest BCUT2D eigenvalue weighted by Gasteiger charge is 2.15. The Hall–Kier alpha value is -2.06. The maximum atomic E-state index is 12.1. The van der Waals surface area contributed by atoms with Crippen molar-refractivity contribution in [1.29, 1.82) is 0 Å². The predicted octanol–water partition coefficient (Wildman–Crippen LogP) is 2.55. The summed E-state index contributed by atoms with van der Waals surface area (Å²) in [6.07, 6.45) is 0. The molecule has 274 valence electrons. The lowest BCUT2D eigenvalue weighted by Gasteiger charge is -2.09. The zero-order valence-electron chi connectivity index (χ0n) is 27.9. The SMILES string of the molecule is Cc1ccc(S(=O)(=O)OCCOCCOCCOCCOCCOCCOCCOCCOCCOS(=O)(=O)c2ccc(C)cc2)cc1. The molecule has 0 saturated heterocycles. The van der Waals surface area contributed by atoms with E-state index in [1.807, 2.05) is 13.8 Å². The van der Waals surface area contributed by atoms with Gasteiger partial charge < -0.3 is 37.9 Å². The Balaban J connectivity index is 1.23. The Morgan fingerprint density at radius 1 is 0.333 bits per heavy atom. The third-order valence-corrected chi connectivity index (χ3v) is 8.81. The Labute approximate surface area is 285 Å². The van der Waals surface area contributed by atoms with Crippen LogP contribution in [0.3, 0.4) is 0 Å². The summed E-state index contributed by atoms with van der Waals surface area (Å²) < 4.78 is 101. The molecule has 0 aromatic heterocycles. The highest BCUT2D eigenvalue weighted by molar-refractivity contribution is 7.87. The highest BCUT2D eigenvalue weighted by atomic mass is 32.2. The molecule has 2 aromatic rings. The molecule has 2 aromatic carbocycles. The third kappa shape index (κ3) is 20.5. The van der Waals surface area contributed by atoms with Gasteiger partial charge in [0.1, 0.15) is 0 Å². The number of aryl methyl sites for hydroxylation is 2. The molecule has 16 heteroatoms. The van der Waals surface area contributed by atoms with E-state index in [1.54, 1.807) is 24.3 Å². The van der Waals surface area contributed by atoms with Crippen molar-refractivity contribution in [3.63, 3.8) is 0 Å². The van der Waals surface area contributed by atoms with Crippen LogP contribution in [0.5, 0.6) is 0 Å². The summed E-state index contributed by atoms with van der Waals surface area (Å²) in [6, 6.07) is 12.9. The van der Waals surface area contributed by atoms with Crippen molar-refractivity contribution in [3.8, 4) is 0 Å². The van der Waals surface area contributed by atoms with E-state index < -0.39 is 20.2 Å². The highest BCUT2D eigenvalue weighted by Crippen LogP contribution is 2.14. The van der Waals surface area contributed by atoms with Gasteiger partial charge in [0, 0.05) is 0 Å². The first kappa shape index (κ1) is 42.1. The molecular formula is C32H50O14S2.